The highest BCUT2D eigenvalue weighted by atomic mass is 32.1. The number of thiazole rings is 1. The number of aromatic nitrogens is 3. The second kappa shape index (κ2) is 7.06. The van der Waals surface area contributed by atoms with Crippen molar-refractivity contribution in [2.45, 2.75) is 26.7 Å². The van der Waals surface area contributed by atoms with E-state index in [0.717, 1.165) is 34.7 Å². The van der Waals surface area contributed by atoms with Gasteiger partial charge in [-0.3, -0.25) is 0 Å². The average Bonchev–Trinajstić information content (AvgIpc) is 3.02. The van der Waals surface area contributed by atoms with Crippen LogP contribution in [0.4, 0.5) is 5.95 Å². The number of ether oxygens (including phenoxy) is 1. The van der Waals surface area contributed by atoms with E-state index in [2.05, 4.69) is 21.9 Å². The van der Waals surface area contributed by atoms with Crippen molar-refractivity contribution in [3.63, 3.8) is 0 Å². The fraction of sp³-hybridized carbons (Fsp3) is 0.278. The number of aromatic hydroxyl groups is 1. The Morgan fingerprint density at radius 2 is 2.04 bits per heavy atom. The first-order valence-corrected chi connectivity index (χ1v) is 8.86. The van der Waals surface area contributed by atoms with Crippen LogP contribution in [0.25, 0.3) is 22.5 Å². The molecule has 0 amide bonds. The summed E-state index contributed by atoms with van der Waals surface area (Å²) in [6.07, 6.45) is 3.45. The van der Waals surface area contributed by atoms with Gasteiger partial charge in [-0.05, 0) is 25.0 Å². The summed E-state index contributed by atoms with van der Waals surface area (Å²) >= 11 is 1.55. The third-order valence-electron chi connectivity index (χ3n) is 3.88. The molecule has 0 radical (unpaired) electrons. The largest absolute Gasteiger partial charge is 0.507 e. The van der Waals surface area contributed by atoms with Crippen LogP contribution in [-0.2, 0) is 6.42 Å². The van der Waals surface area contributed by atoms with Crippen molar-refractivity contribution in [2.24, 2.45) is 0 Å². The highest BCUT2D eigenvalue weighted by molar-refractivity contribution is 7.09. The summed E-state index contributed by atoms with van der Waals surface area (Å²) in [5.41, 5.74) is 9.48. The van der Waals surface area contributed by atoms with Gasteiger partial charge < -0.3 is 15.6 Å². The number of hydrogen-bond donors (Lipinski definition) is 2. The van der Waals surface area contributed by atoms with Crippen molar-refractivity contribution in [3.8, 4) is 34.0 Å². The van der Waals surface area contributed by atoms with E-state index >= 15 is 0 Å². The molecule has 0 saturated heterocycles. The van der Waals surface area contributed by atoms with Gasteiger partial charge in [0.25, 0.3) is 0 Å². The zero-order valence-corrected chi connectivity index (χ0v) is 15.2. The Balaban J connectivity index is 2.22. The maximum absolute atomic E-state index is 10.5. The Kier molecular flexibility index (Phi) is 4.85. The molecule has 0 aliphatic rings. The molecule has 0 saturated carbocycles. The van der Waals surface area contributed by atoms with Crippen molar-refractivity contribution in [1.29, 1.82) is 0 Å². The molecule has 7 heteroatoms. The molecule has 0 aliphatic carbocycles. The zero-order valence-electron chi connectivity index (χ0n) is 14.4. The van der Waals surface area contributed by atoms with Gasteiger partial charge in [0.2, 0.25) is 5.95 Å². The predicted octanol–water partition coefficient (Wildman–Crippen LogP) is 3.82. The minimum absolute atomic E-state index is 0.0861. The minimum Gasteiger partial charge on any atom is -0.507 e. The van der Waals surface area contributed by atoms with Crippen LogP contribution in [0, 0.1) is 6.92 Å². The highest BCUT2D eigenvalue weighted by Gasteiger charge is 2.18. The van der Waals surface area contributed by atoms with E-state index in [1.54, 1.807) is 30.7 Å². The van der Waals surface area contributed by atoms with Crippen LogP contribution in [-0.4, -0.2) is 27.2 Å². The standard InChI is InChI=1S/C18H20N4O2S/c1-4-5-11-6-12(15(23)7-16(11)24-3)17-13(8-20-18(19)22-17)14-9-25-10(2)21-14/h6-9,23H,4-5H2,1-3H3,(H2,19,20,22). The van der Waals surface area contributed by atoms with Crippen molar-refractivity contribution >= 4 is 17.3 Å². The molecule has 130 valence electrons. The third kappa shape index (κ3) is 3.41. The van der Waals surface area contributed by atoms with Gasteiger partial charge in [0, 0.05) is 28.8 Å². The summed E-state index contributed by atoms with van der Waals surface area (Å²) in [5.74, 6) is 0.900. The van der Waals surface area contributed by atoms with E-state index in [1.807, 2.05) is 18.4 Å². The van der Waals surface area contributed by atoms with E-state index in [9.17, 15) is 5.11 Å². The number of nitrogens with zero attached hydrogens (tertiary/aromatic N) is 3. The first-order chi connectivity index (χ1) is 12.0. The fourth-order valence-corrected chi connectivity index (χ4v) is 3.35. The number of methoxy groups -OCH3 is 1. The van der Waals surface area contributed by atoms with Gasteiger partial charge in [-0.2, -0.15) is 0 Å². The first kappa shape index (κ1) is 17.2. The van der Waals surface area contributed by atoms with Crippen molar-refractivity contribution in [3.05, 3.63) is 34.3 Å². The molecule has 2 heterocycles. The van der Waals surface area contributed by atoms with E-state index in [1.165, 1.54) is 0 Å². The molecule has 3 N–H and O–H groups in total. The van der Waals surface area contributed by atoms with Gasteiger partial charge >= 0.3 is 0 Å². The molecule has 1 aromatic carbocycles. The van der Waals surface area contributed by atoms with Crippen LogP contribution in [0.5, 0.6) is 11.5 Å². The number of anilines is 1. The molecule has 2 aromatic heterocycles. The number of rotatable bonds is 5. The Bertz CT molecular complexity index is 908. The van der Waals surface area contributed by atoms with Gasteiger partial charge in [-0.1, -0.05) is 13.3 Å². The van der Waals surface area contributed by atoms with Gasteiger partial charge in [0.15, 0.2) is 0 Å². The van der Waals surface area contributed by atoms with Gasteiger partial charge in [0.05, 0.1) is 23.5 Å². The zero-order chi connectivity index (χ0) is 18.0. The summed E-state index contributed by atoms with van der Waals surface area (Å²) in [6, 6.07) is 3.52. The van der Waals surface area contributed by atoms with Crippen molar-refractivity contribution < 1.29 is 9.84 Å². The van der Waals surface area contributed by atoms with Crippen LogP contribution in [0.2, 0.25) is 0 Å². The fourth-order valence-electron chi connectivity index (χ4n) is 2.73. The summed E-state index contributed by atoms with van der Waals surface area (Å²) in [5, 5.41) is 13.4. The molecule has 25 heavy (non-hydrogen) atoms. The number of aryl methyl sites for hydroxylation is 2. The van der Waals surface area contributed by atoms with E-state index < -0.39 is 0 Å². The third-order valence-corrected chi connectivity index (χ3v) is 4.65. The maximum Gasteiger partial charge on any atom is 0.220 e. The number of nitrogens with two attached hydrogens (primary N) is 1. The molecule has 0 unspecified atom stereocenters. The lowest BCUT2D eigenvalue weighted by molar-refractivity contribution is 0.403. The van der Waals surface area contributed by atoms with Crippen molar-refractivity contribution in [2.75, 3.05) is 12.8 Å². The van der Waals surface area contributed by atoms with Gasteiger partial charge in [0.1, 0.15) is 11.5 Å². The lowest BCUT2D eigenvalue weighted by atomic mass is 9.99. The molecule has 3 aromatic rings. The smallest absolute Gasteiger partial charge is 0.220 e. The predicted molar refractivity (Wildman–Crippen MR) is 99.9 cm³/mol. The molecule has 0 fully saturated rings. The number of benzene rings is 1. The second-order valence-electron chi connectivity index (χ2n) is 5.67. The Labute approximate surface area is 150 Å². The van der Waals surface area contributed by atoms with Gasteiger partial charge in [-0.25, -0.2) is 15.0 Å². The number of phenolic OH excluding ortho intramolecular Hbond substituents is 1. The lowest BCUT2D eigenvalue weighted by Gasteiger charge is -2.14. The Morgan fingerprint density at radius 1 is 1.24 bits per heavy atom. The molecule has 0 bridgehead atoms. The van der Waals surface area contributed by atoms with Crippen molar-refractivity contribution in [1.82, 2.24) is 15.0 Å². The SMILES string of the molecule is CCCc1cc(-c2nc(N)ncc2-c2csc(C)n2)c(O)cc1OC. The average molecular weight is 356 g/mol. The van der Waals surface area contributed by atoms with Crippen LogP contribution in [0.3, 0.4) is 0 Å². The maximum atomic E-state index is 10.5. The molecule has 0 atom stereocenters. The van der Waals surface area contributed by atoms with Crippen LogP contribution in [0.1, 0.15) is 23.9 Å². The van der Waals surface area contributed by atoms with Crippen LogP contribution in [0.15, 0.2) is 23.7 Å². The summed E-state index contributed by atoms with van der Waals surface area (Å²) in [7, 11) is 1.60. The number of nitrogen functional groups attached to an aromatic ring is 1. The number of hydrogen-bond acceptors (Lipinski definition) is 7. The molecule has 0 aliphatic heterocycles. The first-order valence-electron chi connectivity index (χ1n) is 7.98. The molecular formula is C18H20N4O2S. The lowest BCUT2D eigenvalue weighted by Crippen LogP contribution is -2.00. The molecule has 6 nitrogen and oxygen atoms in total. The highest BCUT2D eigenvalue weighted by Crippen LogP contribution is 2.39. The summed E-state index contributed by atoms with van der Waals surface area (Å²) in [4.78, 5) is 13.0. The Hall–Kier alpha value is -2.67. The minimum atomic E-state index is 0.0861. The Morgan fingerprint density at radius 3 is 2.68 bits per heavy atom. The molecular weight excluding hydrogens is 336 g/mol. The summed E-state index contributed by atoms with van der Waals surface area (Å²) < 4.78 is 5.38. The monoisotopic (exact) mass is 356 g/mol. The summed E-state index contributed by atoms with van der Waals surface area (Å²) in [6.45, 7) is 4.04. The van der Waals surface area contributed by atoms with E-state index in [4.69, 9.17) is 10.5 Å². The van der Waals surface area contributed by atoms with E-state index in [-0.39, 0.29) is 11.7 Å². The topological polar surface area (TPSA) is 94.2 Å². The van der Waals surface area contributed by atoms with Crippen LogP contribution >= 0.6 is 11.3 Å². The van der Waals surface area contributed by atoms with Gasteiger partial charge in [-0.15, -0.1) is 11.3 Å². The van der Waals surface area contributed by atoms with E-state index in [0.29, 0.717) is 17.0 Å². The molecule has 0 spiro atoms. The normalized spacial score (nSPS) is 10.8. The number of phenols is 1. The quantitative estimate of drug-likeness (QED) is 0.721. The second-order valence-corrected chi connectivity index (χ2v) is 6.74. The molecule has 3 rings (SSSR count). The van der Waals surface area contributed by atoms with Crippen LogP contribution < -0.4 is 10.5 Å².